The number of carbonyl (C=O) groups is 1. The molecule has 19 heavy (non-hydrogen) atoms. The molecule has 4 N–H and O–H groups in total. The van der Waals surface area contributed by atoms with Crippen molar-refractivity contribution >= 4 is 23.2 Å². The van der Waals surface area contributed by atoms with E-state index in [0.717, 1.165) is 0 Å². The number of ether oxygens (including phenoxy) is 1. The summed E-state index contributed by atoms with van der Waals surface area (Å²) in [4.78, 5) is 12.4. The lowest BCUT2D eigenvalue weighted by atomic mass is 10.0. The number of likely N-dealkylation sites (N-methyl/N-ethyl adjacent to an activating group) is 1. The minimum Gasteiger partial charge on any atom is -0.504 e. The van der Waals surface area contributed by atoms with E-state index in [1.54, 1.807) is 19.2 Å². The van der Waals surface area contributed by atoms with E-state index < -0.39 is 12.0 Å². The average molecular weight is 284 g/mol. The molecule has 1 aromatic carbocycles. The second-order valence-electron chi connectivity index (χ2n) is 4.05. The van der Waals surface area contributed by atoms with Gasteiger partial charge < -0.3 is 20.7 Å². The normalized spacial score (nSPS) is 12.2. The Morgan fingerprint density at radius 2 is 2.21 bits per heavy atom. The molecule has 1 rings (SSSR count). The Labute approximate surface area is 116 Å². The Balaban J connectivity index is 3.12. The van der Waals surface area contributed by atoms with Gasteiger partial charge in [0.2, 0.25) is 0 Å². The standard InChI is InChI=1S/C12H16N2O4S/c1-14(6-10(16)17)11(12(13)19)7-3-4-8(15)9(5-7)18-2/h3-5,11,15H,6H2,1-2H3,(H2,13,19)(H,16,17). The van der Waals surface area contributed by atoms with E-state index in [4.69, 9.17) is 27.8 Å². The number of phenolic OH excluding ortho intramolecular Hbond substituents is 1. The van der Waals surface area contributed by atoms with Crippen LogP contribution in [0.3, 0.4) is 0 Å². The van der Waals surface area contributed by atoms with Crippen LogP contribution >= 0.6 is 12.2 Å². The fourth-order valence-electron chi connectivity index (χ4n) is 1.80. The quantitative estimate of drug-likeness (QED) is 0.663. The minimum absolute atomic E-state index is 0.00572. The lowest BCUT2D eigenvalue weighted by Gasteiger charge is -2.26. The van der Waals surface area contributed by atoms with E-state index in [1.165, 1.54) is 18.1 Å². The van der Waals surface area contributed by atoms with Crippen LogP contribution in [0.15, 0.2) is 18.2 Å². The molecule has 0 aliphatic heterocycles. The fourth-order valence-corrected chi connectivity index (χ4v) is 2.12. The van der Waals surface area contributed by atoms with Gasteiger partial charge in [-0.1, -0.05) is 18.3 Å². The molecule has 6 nitrogen and oxygen atoms in total. The zero-order valence-electron chi connectivity index (χ0n) is 10.7. The molecule has 0 radical (unpaired) electrons. The molecule has 1 atom stereocenters. The molecule has 0 aliphatic rings. The highest BCUT2D eigenvalue weighted by atomic mass is 32.1. The zero-order valence-corrected chi connectivity index (χ0v) is 11.5. The van der Waals surface area contributed by atoms with Gasteiger partial charge in [-0.2, -0.15) is 0 Å². The van der Waals surface area contributed by atoms with E-state index in [2.05, 4.69) is 0 Å². The van der Waals surface area contributed by atoms with E-state index in [0.29, 0.717) is 5.56 Å². The maximum absolute atomic E-state index is 10.8. The largest absolute Gasteiger partial charge is 0.504 e. The van der Waals surface area contributed by atoms with Gasteiger partial charge in [-0.25, -0.2) is 0 Å². The van der Waals surface area contributed by atoms with Crippen molar-refractivity contribution in [1.29, 1.82) is 0 Å². The van der Waals surface area contributed by atoms with Gasteiger partial charge in [-0.3, -0.25) is 9.69 Å². The molecule has 0 aliphatic carbocycles. The highest BCUT2D eigenvalue weighted by Gasteiger charge is 2.22. The van der Waals surface area contributed by atoms with Gasteiger partial charge in [0, 0.05) is 0 Å². The van der Waals surface area contributed by atoms with Crippen molar-refractivity contribution in [3.05, 3.63) is 23.8 Å². The Morgan fingerprint density at radius 1 is 1.58 bits per heavy atom. The molecule has 0 saturated heterocycles. The third-order valence-electron chi connectivity index (χ3n) is 2.61. The second kappa shape index (κ2) is 6.35. The number of benzene rings is 1. The molecule has 0 spiro atoms. The van der Waals surface area contributed by atoms with Gasteiger partial charge >= 0.3 is 5.97 Å². The topological polar surface area (TPSA) is 96.0 Å². The zero-order chi connectivity index (χ0) is 14.6. The predicted octanol–water partition coefficient (Wildman–Crippen LogP) is 0.744. The number of phenols is 1. The summed E-state index contributed by atoms with van der Waals surface area (Å²) >= 11 is 4.98. The molecule has 0 amide bonds. The first-order valence-electron chi connectivity index (χ1n) is 5.45. The number of carboxylic acid groups (broad SMARTS) is 1. The van der Waals surface area contributed by atoms with Crippen molar-refractivity contribution in [1.82, 2.24) is 4.90 Å². The average Bonchev–Trinajstić information content (AvgIpc) is 2.30. The van der Waals surface area contributed by atoms with Gasteiger partial charge in [-0.05, 0) is 24.7 Å². The van der Waals surface area contributed by atoms with Crippen molar-refractivity contribution in [3.63, 3.8) is 0 Å². The van der Waals surface area contributed by atoms with Crippen LogP contribution in [0.2, 0.25) is 0 Å². The first-order chi connectivity index (χ1) is 8.86. The first kappa shape index (κ1) is 15.2. The highest BCUT2D eigenvalue weighted by molar-refractivity contribution is 7.80. The maximum atomic E-state index is 10.8. The summed E-state index contributed by atoms with van der Waals surface area (Å²) < 4.78 is 5.01. The molecule has 7 heteroatoms. The molecule has 0 saturated carbocycles. The molecule has 1 unspecified atom stereocenters. The van der Waals surface area contributed by atoms with Gasteiger partial charge in [0.15, 0.2) is 11.5 Å². The van der Waals surface area contributed by atoms with Crippen LogP contribution in [0.1, 0.15) is 11.6 Å². The smallest absolute Gasteiger partial charge is 0.317 e. The summed E-state index contributed by atoms with van der Waals surface area (Å²) in [6, 6.07) is 4.12. The summed E-state index contributed by atoms with van der Waals surface area (Å²) in [6.45, 7) is -0.203. The van der Waals surface area contributed by atoms with Gasteiger partial charge in [-0.15, -0.1) is 0 Å². The Kier molecular flexibility index (Phi) is 5.08. The summed E-state index contributed by atoms with van der Waals surface area (Å²) in [5, 5.41) is 18.4. The van der Waals surface area contributed by atoms with Crippen molar-refractivity contribution in [2.24, 2.45) is 5.73 Å². The molecule has 0 fully saturated rings. The molecule has 0 bridgehead atoms. The Bertz CT molecular complexity index is 493. The van der Waals surface area contributed by atoms with E-state index >= 15 is 0 Å². The Hall–Kier alpha value is -1.86. The molecule has 0 aromatic heterocycles. The third-order valence-corrected chi connectivity index (χ3v) is 2.84. The predicted molar refractivity (Wildman–Crippen MR) is 74.5 cm³/mol. The number of carboxylic acids is 1. The monoisotopic (exact) mass is 284 g/mol. The summed E-state index contributed by atoms with van der Waals surface area (Å²) in [7, 11) is 3.03. The lowest BCUT2D eigenvalue weighted by molar-refractivity contribution is -0.138. The number of aliphatic carboxylic acids is 1. The summed E-state index contributed by atoms with van der Waals surface area (Å²) in [6.07, 6.45) is 0. The van der Waals surface area contributed by atoms with Gasteiger partial charge in [0.1, 0.15) is 0 Å². The van der Waals surface area contributed by atoms with E-state index in [1.807, 2.05) is 0 Å². The van der Waals surface area contributed by atoms with Crippen molar-refractivity contribution in [2.75, 3.05) is 20.7 Å². The molecular weight excluding hydrogens is 268 g/mol. The number of nitrogens with zero attached hydrogens (tertiary/aromatic N) is 1. The molecular formula is C12H16N2O4S. The van der Waals surface area contributed by atoms with Crippen LogP contribution < -0.4 is 10.5 Å². The molecule has 104 valence electrons. The summed E-state index contributed by atoms with van der Waals surface area (Å²) in [5.41, 5.74) is 6.33. The SMILES string of the molecule is COc1cc(C(C(N)=S)N(C)CC(=O)O)ccc1O. The van der Waals surface area contributed by atoms with E-state index in [9.17, 15) is 9.90 Å². The van der Waals surface area contributed by atoms with Crippen LogP contribution in [-0.2, 0) is 4.79 Å². The van der Waals surface area contributed by atoms with Crippen molar-refractivity contribution in [3.8, 4) is 11.5 Å². The third kappa shape index (κ3) is 3.80. The van der Waals surface area contributed by atoms with Crippen LogP contribution in [0.25, 0.3) is 0 Å². The number of aromatic hydroxyl groups is 1. The fraction of sp³-hybridized carbons (Fsp3) is 0.333. The number of thiocarbonyl (C=S) groups is 1. The number of nitrogens with two attached hydrogens (primary N) is 1. The van der Waals surface area contributed by atoms with Crippen molar-refractivity contribution < 1.29 is 19.7 Å². The second-order valence-corrected chi connectivity index (χ2v) is 4.52. The molecule has 0 heterocycles. The number of methoxy groups -OCH3 is 1. The van der Waals surface area contributed by atoms with Crippen LogP contribution in [-0.4, -0.2) is 46.8 Å². The van der Waals surface area contributed by atoms with Gasteiger partial charge in [0.05, 0.1) is 24.7 Å². The van der Waals surface area contributed by atoms with Crippen LogP contribution in [0.5, 0.6) is 11.5 Å². The first-order valence-corrected chi connectivity index (χ1v) is 5.86. The van der Waals surface area contributed by atoms with Crippen LogP contribution in [0, 0.1) is 0 Å². The number of rotatable bonds is 6. The highest BCUT2D eigenvalue weighted by Crippen LogP contribution is 2.30. The number of hydrogen-bond acceptors (Lipinski definition) is 5. The maximum Gasteiger partial charge on any atom is 0.317 e. The van der Waals surface area contributed by atoms with Crippen LogP contribution in [0.4, 0.5) is 0 Å². The minimum atomic E-state index is -0.977. The van der Waals surface area contributed by atoms with Gasteiger partial charge in [0.25, 0.3) is 0 Å². The number of hydrogen-bond donors (Lipinski definition) is 3. The summed E-state index contributed by atoms with van der Waals surface area (Å²) in [5.74, 6) is -0.703. The lowest BCUT2D eigenvalue weighted by Crippen LogP contribution is -2.37. The molecule has 1 aromatic rings. The van der Waals surface area contributed by atoms with Crippen molar-refractivity contribution in [2.45, 2.75) is 6.04 Å². The van der Waals surface area contributed by atoms with E-state index in [-0.39, 0.29) is 23.0 Å². The Morgan fingerprint density at radius 3 is 2.68 bits per heavy atom.